The van der Waals surface area contributed by atoms with E-state index in [1.165, 1.54) is 11.3 Å². The van der Waals surface area contributed by atoms with Crippen LogP contribution in [0, 0.1) is 5.41 Å². The first-order valence-corrected chi connectivity index (χ1v) is 10.6. The molecule has 28 heavy (non-hydrogen) atoms. The molecule has 7 nitrogen and oxygen atoms in total. The fraction of sp³-hybridized carbons (Fsp3) is 0.421. The van der Waals surface area contributed by atoms with Crippen molar-refractivity contribution >= 4 is 50.5 Å². The van der Waals surface area contributed by atoms with Crippen LogP contribution < -0.4 is 10.2 Å². The largest absolute Gasteiger partial charge is 0.367 e. The van der Waals surface area contributed by atoms with Gasteiger partial charge in [0.15, 0.2) is 3.92 Å². The molecule has 0 unspecified atom stereocenters. The molecule has 1 aliphatic rings. The lowest BCUT2D eigenvalue weighted by atomic mass is 9.98. The first-order chi connectivity index (χ1) is 13.2. The number of hydrogen-bond acceptors (Lipinski definition) is 7. The molecule has 150 valence electrons. The Balaban J connectivity index is 1.64. The standard InChI is InChI=1S/C19H23BrN4O3S/c1-19(2,3)17(26)27-24-10-8-23(9-11-24)15-7-5-4-6-13(15)21-16(25)14-12-28-18(20)22-14/h4-7,12H,8-11H2,1-3H3,(H,21,25). The molecule has 1 aromatic heterocycles. The molecule has 2 heterocycles. The van der Waals surface area contributed by atoms with Crippen molar-refractivity contribution in [3.8, 4) is 0 Å². The van der Waals surface area contributed by atoms with Crippen LogP contribution in [0.15, 0.2) is 33.6 Å². The molecule has 1 saturated heterocycles. The summed E-state index contributed by atoms with van der Waals surface area (Å²) in [4.78, 5) is 36.3. The third-order valence-corrected chi connectivity index (χ3v) is 5.63. The minimum atomic E-state index is -0.529. The average molecular weight is 467 g/mol. The number of hydroxylamine groups is 2. The average Bonchev–Trinajstić information content (AvgIpc) is 3.09. The van der Waals surface area contributed by atoms with Crippen molar-refractivity contribution in [2.75, 3.05) is 36.4 Å². The smallest absolute Gasteiger partial charge is 0.330 e. The van der Waals surface area contributed by atoms with Crippen molar-refractivity contribution in [1.82, 2.24) is 10.0 Å². The van der Waals surface area contributed by atoms with Crippen molar-refractivity contribution < 1.29 is 14.4 Å². The molecule has 0 bridgehead atoms. The van der Waals surface area contributed by atoms with Crippen LogP contribution in [0.3, 0.4) is 0 Å². The number of halogens is 1. The number of carbonyl (C=O) groups is 2. The number of nitrogens with zero attached hydrogens (tertiary/aromatic N) is 3. The third kappa shape index (κ3) is 5.09. The Kier molecular flexibility index (Phi) is 6.36. The van der Waals surface area contributed by atoms with Gasteiger partial charge in [-0.1, -0.05) is 12.1 Å². The summed E-state index contributed by atoms with van der Waals surface area (Å²) in [6.45, 7) is 8.09. The predicted molar refractivity (Wildman–Crippen MR) is 114 cm³/mol. The Hall–Kier alpha value is -1.97. The summed E-state index contributed by atoms with van der Waals surface area (Å²) in [6, 6.07) is 7.68. The van der Waals surface area contributed by atoms with Crippen LogP contribution in [0.1, 0.15) is 31.3 Å². The van der Waals surface area contributed by atoms with Crippen molar-refractivity contribution in [3.63, 3.8) is 0 Å². The zero-order valence-corrected chi connectivity index (χ0v) is 18.5. The third-order valence-electron chi connectivity index (χ3n) is 4.26. The number of thiazole rings is 1. The molecule has 1 N–H and O–H groups in total. The summed E-state index contributed by atoms with van der Waals surface area (Å²) in [7, 11) is 0. The fourth-order valence-corrected chi connectivity index (χ4v) is 3.66. The lowest BCUT2D eigenvalue weighted by Crippen LogP contribution is -2.48. The number of para-hydroxylation sites is 2. The monoisotopic (exact) mass is 466 g/mol. The minimum Gasteiger partial charge on any atom is -0.367 e. The molecule has 1 aromatic carbocycles. The summed E-state index contributed by atoms with van der Waals surface area (Å²) in [5.41, 5.74) is 1.52. The summed E-state index contributed by atoms with van der Waals surface area (Å²) < 4.78 is 0.673. The number of benzene rings is 1. The zero-order chi connectivity index (χ0) is 20.3. The topological polar surface area (TPSA) is 74.8 Å². The van der Waals surface area contributed by atoms with Gasteiger partial charge in [-0.3, -0.25) is 4.79 Å². The summed E-state index contributed by atoms with van der Waals surface area (Å²) in [5, 5.41) is 6.36. The van der Waals surface area contributed by atoms with Gasteiger partial charge in [0.2, 0.25) is 0 Å². The highest BCUT2D eigenvalue weighted by Gasteiger charge is 2.28. The molecule has 0 atom stereocenters. The molecule has 1 aliphatic heterocycles. The molecular weight excluding hydrogens is 444 g/mol. The van der Waals surface area contributed by atoms with Crippen LogP contribution >= 0.6 is 27.3 Å². The van der Waals surface area contributed by atoms with E-state index in [1.807, 2.05) is 45.0 Å². The first-order valence-electron chi connectivity index (χ1n) is 8.98. The van der Waals surface area contributed by atoms with Crippen molar-refractivity contribution in [2.24, 2.45) is 5.41 Å². The molecule has 0 spiro atoms. The van der Waals surface area contributed by atoms with E-state index in [0.717, 1.165) is 11.4 Å². The highest BCUT2D eigenvalue weighted by molar-refractivity contribution is 9.11. The quantitative estimate of drug-likeness (QED) is 0.738. The van der Waals surface area contributed by atoms with E-state index in [0.29, 0.717) is 35.8 Å². The molecular formula is C19H23BrN4O3S. The number of nitrogens with one attached hydrogen (secondary N) is 1. The second-order valence-corrected chi connectivity index (χ2v) is 9.64. The second-order valence-electron chi connectivity index (χ2n) is 7.50. The van der Waals surface area contributed by atoms with Crippen molar-refractivity contribution in [2.45, 2.75) is 20.8 Å². The van der Waals surface area contributed by atoms with Crippen LogP contribution in [0.4, 0.5) is 11.4 Å². The highest BCUT2D eigenvalue weighted by Crippen LogP contribution is 2.28. The van der Waals surface area contributed by atoms with E-state index in [2.05, 4.69) is 31.1 Å². The van der Waals surface area contributed by atoms with Gasteiger partial charge in [0, 0.05) is 18.5 Å². The van der Waals surface area contributed by atoms with Gasteiger partial charge < -0.3 is 15.1 Å². The summed E-state index contributed by atoms with van der Waals surface area (Å²) in [6.07, 6.45) is 0. The lowest BCUT2D eigenvalue weighted by Gasteiger charge is -2.36. The number of rotatable bonds is 4. The Bertz CT molecular complexity index is 857. The maximum atomic E-state index is 12.5. The van der Waals surface area contributed by atoms with E-state index < -0.39 is 5.41 Å². The molecule has 9 heteroatoms. The molecule has 0 aliphatic carbocycles. The van der Waals surface area contributed by atoms with E-state index in [-0.39, 0.29) is 11.9 Å². The molecule has 0 radical (unpaired) electrons. The number of hydrogen-bond donors (Lipinski definition) is 1. The van der Waals surface area contributed by atoms with Gasteiger partial charge in [0.05, 0.1) is 29.9 Å². The Labute approximate surface area is 176 Å². The normalized spacial score (nSPS) is 15.4. The number of anilines is 2. The maximum Gasteiger partial charge on any atom is 0.330 e. The summed E-state index contributed by atoms with van der Waals surface area (Å²) in [5.74, 6) is -0.477. The van der Waals surface area contributed by atoms with E-state index in [4.69, 9.17) is 4.84 Å². The van der Waals surface area contributed by atoms with Crippen molar-refractivity contribution in [1.29, 1.82) is 0 Å². The van der Waals surface area contributed by atoms with E-state index in [9.17, 15) is 9.59 Å². The minimum absolute atomic E-state index is 0.233. The van der Waals surface area contributed by atoms with E-state index >= 15 is 0 Å². The number of aromatic nitrogens is 1. The zero-order valence-electron chi connectivity index (χ0n) is 16.1. The van der Waals surface area contributed by atoms with Crippen LogP contribution in [-0.2, 0) is 9.63 Å². The van der Waals surface area contributed by atoms with Crippen LogP contribution in [0.2, 0.25) is 0 Å². The molecule has 1 fully saturated rings. The molecule has 1 amide bonds. The van der Waals surface area contributed by atoms with E-state index in [1.54, 1.807) is 10.4 Å². The maximum absolute atomic E-state index is 12.5. The van der Waals surface area contributed by atoms with Gasteiger partial charge >= 0.3 is 5.97 Å². The van der Waals surface area contributed by atoms with Gasteiger partial charge in [-0.15, -0.1) is 16.4 Å². The number of piperazine rings is 1. The SMILES string of the molecule is CC(C)(C)C(=O)ON1CCN(c2ccccc2NC(=O)c2csc(Br)n2)CC1. The van der Waals surface area contributed by atoms with Gasteiger partial charge in [-0.25, -0.2) is 9.78 Å². The molecule has 0 saturated carbocycles. The summed E-state index contributed by atoms with van der Waals surface area (Å²) >= 11 is 4.65. The van der Waals surface area contributed by atoms with Crippen LogP contribution in [-0.4, -0.2) is 48.1 Å². The van der Waals surface area contributed by atoms with Gasteiger partial charge in [0.1, 0.15) is 5.69 Å². The lowest BCUT2D eigenvalue weighted by molar-refractivity contribution is -0.201. The van der Waals surface area contributed by atoms with Gasteiger partial charge in [-0.2, -0.15) is 0 Å². The fourth-order valence-electron chi connectivity index (χ4n) is 2.67. The Morgan fingerprint density at radius 3 is 2.46 bits per heavy atom. The van der Waals surface area contributed by atoms with Crippen molar-refractivity contribution in [3.05, 3.63) is 39.3 Å². The second kappa shape index (κ2) is 8.59. The number of carbonyl (C=O) groups excluding carboxylic acids is 2. The van der Waals surface area contributed by atoms with Crippen LogP contribution in [0.25, 0.3) is 0 Å². The van der Waals surface area contributed by atoms with Gasteiger partial charge in [-0.05, 0) is 48.8 Å². The number of amides is 1. The molecule has 2 aromatic rings. The Morgan fingerprint density at radius 2 is 1.86 bits per heavy atom. The predicted octanol–water partition coefficient (Wildman–Crippen LogP) is 3.78. The molecule has 3 rings (SSSR count). The van der Waals surface area contributed by atoms with Gasteiger partial charge in [0.25, 0.3) is 5.91 Å². The highest BCUT2D eigenvalue weighted by atomic mass is 79.9. The Morgan fingerprint density at radius 1 is 1.18 bits per heavy atom. The van der Waals surface area contributed by atoms with Crippen LogP contribution in [0.5, 0.6) is 0 Å². The first kappa shape index (κ1) is 20.8.